The van der Waals surface area contributed by atoms with E-state index in [1.165, 1.54) is 0 Å². The Morgan fingerprint density at radius 3 is 1.44 bits per heavy atom. The summed E-state index contributed by atoms with van der Waals surface area (Å²) in [5.74, 6) is 2.28. The lowest BCUT2D eigenvalue weighted by Crippen LogP contribution is -2.00. The summed E-state index contributed by atoms with van der Waals surface area (Å²) in [5.41, 5.74) is 8.35. The first-order chi connectivity index (χ1) is 12.3. The van der Waals surface area contributed by atoms with Crippen molar-refractivity contribution in [2.75, 3.05) is 5.73 Å². The summed E-state index contributed by atoms with van der Waals surface area (Å²) >= 11 is 0. The maximum atomic E-state index is 5.68. The molecule has 0 aliphatic heterocycles. The number of rotatable bonds is 3. The first kappa shape index (κ1) is 15.0. The van der Waals surface area contributed by atoms with Gasteiger partial charge < -0.3 is 5.73 Å². The van der Waals surface area contributed by atoms with E-state index in [-0.39, 0.29) is 0 Å². The van der Waals surface area contributed by atoms with Gasteiger partial charge in [-0.05, 0) is 12.1 Å². The lowest BCUT2D eigenvalue weighted by atomic mass is 10.1. The summed E-state index contributed by atoms with van der Waals surface area (Å²) in [7, 11) is 0. The molecule has 5 heteroatoms. The van der Waals surface area contributed by atoms with Crippen LogP contribution >= 0.6 is 0 Å². The molecule has 0 atom stereocenters. The average molecular weight is 325 g/mol. The molecule has 2 aromatic heterocycles. The topological polar surface area (TPSA) is 77.6 Å². The van der Waals surface area contributed by atoms with Gasteiger partial charge in [-0.15, -0.1) is 0 Å². The van der Waals surface area contributed by atoms with Gasteiger partial charge in [-0.1, -0.05) is 60.7 Å². The molecule has 0 aliphatic carbocycles. The van der Waals surface area contributed by atoms with Crippen molar-refractivity contribution >= 4 is 5.82 Å². The van der Waals surface area contributed by atoms with E-state index in [0.29, 0.717) is 23.3 Å². The van der Waals surface area contributed by atoms with Crippen LogP contribution in [0.3, 0.4) is 0 Å². The van der Waals surface area contributed by atoms with E-state index >= 15 is 0 Å². The molecule has 0 saturated carbocycles. The van der Waals surface area contributed by atoms with Crippen LogP contribution in [0.2, 0.25) is 0 Å². The molecule has 0 bridgehead atoms. The standard InChI is InChI=1S/C20H15N5/c21-17-12-11-16(13-22-17)20-24-18(14-7-3-1-4-8-14)23-19(25-20)15-9-5-2-6-10-15/h1-13H,(H2,21,22). The molecule has 2 aromatic carbocycles. The monoisotopic (exact) mass is 325 g/mol. The van der Waals surface area contributed by atoms with E-state index < -0.39 is 0 Å². The average Bonchev–Trinajstić information content (AvgIpc) is 2.69. The Morgan fingerprint density at radius 1 is 0.520 bits per heavy atom. The quantitative estimate of drug-likeness (QED) is 0.619. The third kappa shape index (κ3) is 3.21. The molecule has 2 N–H and O–H groups in total. The maximum absolute atomic E-state index is 5.68. The summed E-state index contributed by atoms with van der Waals surface area (Å²) in [4.78, 5) is 18.0. The highest BCUT2D eigenvalue weighted by molar-refractivity contribution is 5.66. The van der Waals surface area contributed by atoms with Gasteiger partial charge in [-0.2, -0.15) is 0 Å². The van der Waals surface area contributed by atoms with E-state index in [2.05, 4.69) is 19.9 Å². The molecule has 0 radical (unpaired) electrons. The predicted molar refractivity (Wildman–Crippen MR) is 98.3 cm³/mol. The zero-order valence-corrected chi connectivity index (χ0v) is 13.4. The second-order valence-electron chi connectivity index (χ2n) is 5.51. The maximum Gasteiger partial charge on any atom is 0.165 e. The van der Waals surface area contributed by atoms with Gasteiger partial charge >= 0.3 is 0 Å². The fraction of sp³-hybridized carbons (Fsp3) is 0. The lowest BCUT2D eigenvalue weighted by Gasteiger charge is -2.08. The molecule has 4 aromatic rings. The number of aromatic nitrogens is 4. The van der Waals surface area contributed by atoms with Gasteiger partial charge in [0.1, 0.15) is 5.82 Å². The molecular formula is C20H15N5. The number of pyridine rings is 1. The molecule has 0 spiro atoms. The second kappa shape index (κ2) is 6.49. The van der Waals surface area contributed by atoms with Crippen molar-refractivity contribution in [3.8, 4) is 34.2 Å². The van der Waals surface area contributed by atoms with E-state index in [0.717, 1.165) is 16.7 Å². The molecule has 25 heavy (non-hydrogen) atoms. The number of anilines is 1. The van der Waals surface area contributed by atoms with Crippen LogP contribution in [-0.2, 0) is 0 Å². The Labute approximate surface area is 145 Å². The molecule has 120 valence electrons. The van der Waals surface area contributed by atoms with E-state index in [1.54, 1.807) is 12.3 Å². The minimum Gasteiger partial charge on any atom is -0.384 e. The molecule has 0 amide bonds. The van der Waals surface area contributed by atoms with Crippen molar-refractivity contribution < 1.29 is 0 Å². The Hall–Kier alpha value is -3.60. The number of benzene rings is 2. The number of nitrogens with two attached hydrogens (primary N) is 1. The Kier molecular flexibility index (Phi) is 3.88. The molecular weight excluding hydrogens is 310 g/mol. The Bertz CT molecular complexity index is 926. The Morgan fingerprint density at radius 2 is 1.00 bits per heavy atom. The number of nitrogens with zero attached hydrogens (tertiary/aromatic N) is 4. The van der Waals surface area contributed by atoms with Gasteiger partial charge in [0.25, 0.3) is 0 Å². The smallest absolute Gasteiger partial charge is 0.165 e. The zero-order chi connectivity index (χ0) is 17.1. The minimum atomic E-state index is 0.462. The van der Waals surface area contributed by atoms with Gasteiger partial charge in [0.05, 0.1) is 0 Å². The van der Waals surface area contributed by atoms with Crippen LogP contribution in [0.1, 0.15) is 0 Å². The summed E-state index contributed by atoms with van der Waals surface area (Å²) in [6.45, 7) is 0. The predicted octanol–water partition coefficient (Wildman–Crippen LogP) is 3.85. The molecule has 0 fully saturated rings. The van der Waals surface area contributed by atoms with Crippen LogP contribution in [0.25, 0.3) is 34.2 Å². The first-order valence-electron chi connectivity index (χ1n) is 7.88. The van der Waals surface area contributed by atoms with Crippen LogP contribution in [0.15, 0.2) is 79.0 Å². The van der Waals surface area contributed by atoms with Crippen LogP contribution in [0.5, 0.6) is 0 Å². The highest BCUT2D eigenvalue weighted by atomic mass is 15.0. The highest BCUT2D eigenvalue weighted by Gasteiger charge is 2.11. The van der Waals surface area contributed by atoms with Crippen molar-refractivity contribution in [1.29, 1.82) is 0 Å². The Balaban J connectivity index is 1.90. The van der Waals surface area contributed by atoms with Gasteiger partial charge in [-0.3, -0.25) is 0 Å². The fourth-order valence-corrected chi connectivity index (χ4v) is 2.48. The summed E-state index contributed by atoms with van der Waals surface area (Å²) in [5, 5.41) is 0. The third-order valence-electron chi connectivity index (χ3n) is 3.74. The van der Waals surface area contributed by atoms with E-state index in [1.807, 2.05) is 66.7 Å². The molecule has 0 saturated heterocycles. The highest BCUT2D eigenvalue weighted by Crippen LogP contribution is 2.24. The van der Waals surface area contributed by atoms with E-state index in [9.17, 15) is 0 Å². The van der Waals surface area contributed by atoms with Crippen molar-refractivity contribution in [2.45, 2.75) is 0 Å². The van der Waals surface area contributed by atoms with Gasteiger partial charge in [0.15, 0.2) is 17.5 Å². The second-order valence-corrected chi connectivity index (χ2v) is 5.51. The van der Waals surface area contributed by atoms with Crippen molar-refractivity contribution in [3.63, 3.8) is 0 Å². The van der Waals surface area contributed by atoms with Crippen molar-refractivity contribution in [1.82, 2.24) is 19.9 Å². The number of hydrogen-bond acceptors (Lipinski definition) is 5. The number of hydrogen-bond donors (Lipinski definition) is 1. The SMILES string of the molecule is Nc1ccc(-c2nc(-c3ccccc3)nc(-c3ccccc3)n2)cn1. The van der Waals surface area contributed by atoms with Crippen LogP contribution in [0.4, 0.5) is 5.82 Å². The zero-order valence-electron chi connectivity index (χ0n) is 13.4. The van der Waals surface area contributed by atoms with Crippen LogP contribution in [-0.4, -0.2) is 19.9 Å². The number of nitrogen functional groups attached to an aromatic ring is 1. The normalized spacial score (nSPS) is 10.6. The molecule has 0 aliphatic rings. The molecule has 0 unspecified atom stereocenters. The van der Waals surface area contributed by atoms with Crippen molar-refractivity contribution in [2.24, 2.45) is 0 Å². The molecule has 2 heterocycles. The first-order valence-corrected chi connectivity index (χ1v) is 7.88. The van der Waals surface area contributed by atoms with Gasteiger partial charge in [-0.25, -0.2) is 19.9 Å². The lowest BCUT2D eigenvalue weighted by molar-refractivity contribution is 1.07. The van der Waals surface area contributed by atoms with Gasteiger partial charge in [0.2, 0.25) is 0 Å². The van der Waals surface area contributed by atoms with E-state index in [4.69, 9.17) is 5.73 Å². The summed E-state index contributed by atoms with van der Waals surface area (Å²) in [6, 6.07) is 23.3. The molecule has 5 nitrogen and oxygen atoms in total. The van der Waals surface area contributed by atoms with Crippen LogP contribution < -0.4 is 5.73 Å². The molecule has 4 rings (SSSR count). The largest absolute Gasteiger partial charge is 0.384 e. The van der Waals surface area contributed by atoms with Gasteiger partial charge in [0, 0.05) is 22.9 Å². The summed E-state index contributed by atoms with van der Waals surface area (Å²) in [6.07, 6.45) is 1.67. The van der Waals surface area contributed by atoms with Crippen molar-refractivity contribution in [3.05, 3.63) is 79.0 Å². The summed E-state index contributed by atoms with van der Waals surface area (Å²) < 4.78 is 0. The minimum absolute atomic E-state index is 0.462. The van der Waals surface area contributed by atoms with Crippen LogP contribution in [0, 0.1) is 0 Å². The fourth-order valence-electron chi connectivity index (χ4n) is 2.48. The third-order valence-corrected chi connectivity index (χ3v) is 3.74.